The number of esters is 1. The molecule has 0 atom stereocenters. The van der Waals surface area contributed by atoms with Gasteiger partial charge in [0, 0.05) is 11.5 Å². The number of aliphatic hydroxyl groups excluding tert-OH is 1. The number of rotatable bonds is 2. The monoisotopic (exact) mass is 218 g/mol. The summed E-state index contributed by atoms with van der Waals surface area (Å²) in [7, 11) is 0. The van der Waals surface area contributed by atoms with Gasteiger partial charge in [0.15, 0.2) is 0 Å². The SMILES string of the molecule is CCOC(=O)C#Cc1ccc(CO)c(C)c1. The molecule has 0 radical (unpaired) electrons. The van der Waals surface area contributed by atoms with Crippen LogP contribution >= 0.6 is 0 Å². The summed E-state index contributed by atoms with van der Waals surface area (Å²) in [6.45, 7) is 3.97. The third kappa shape index (κ3) is 3.41. The number of aliphatic hydroxyl groups is 1. The minimum atomic E-state index is -0.522. The highest BCUT2D eigenvalue weighted by Crippen LogP contribution is 2.10. The van der Waals surface area contributed by atoms with Crippen LogP contribution in [0.5, 0.6) is 0 Å². The fourth-order valence-corrected chi connectivity index (χ4v) is 1.24. The van der Waals surface area contributed by atoms with E-state index in [2.05, 4.69) is 16.6 Å². The van der Waals surface area contributed by atoms with Gasteiger partial charge in [-0.15, -0.1) is 0 Å². The van der Waals surface area contributed by atoms with Gasteiger partial charge in [-0.3, -0.25) is 0 Å². The second-order valence-corrected chi connectivity index (χ2v) is 3.27. The summed E-state index contributed by atoms with van der Waals surface area (Å²) in [5, 5.41) is 8.99. The maximum Gasteiger partial charge on any atom is 0.384 e. The van der Waals surface area contributed by atoms with Crippen LogP contribution in [-0.4, -0.2) is 17.7 Å². The van der Waals surface area contributed by atoms with Gasteiger partial charge in [-0.1, -0.05) is 12.0 Å². The van der Waals surface area contributed by atoms with E-state index in [9.17, 15) is 4.79 Å². The van der Waals surface area contributed by atoms with Gasteiger partial charge in [-0.05, 0) is 37.1 Å². The van der Waals surface area contributed by atoms with E-state index < -0.39 is 5.97 Å². The van der Waals surface area contributed by atoms with Crippen LogP contribution in [0.15, 0.2) is 18.2 Å². The Hall–Kier alpha value is -1.79. The first-order valence-corrected chi connectivity index (χ1v) is 5.06. The zero-order chi connectivity index (χ0) is 12.0. The first-order valence-electron chi connectivity index (χ1n) is 5.06. The van der Waals surface area contributed by atoms with Gasteiger partial charge in [-0.2, -0.15) is 0 Å². The highest BCUT2D eigenvalue weighted by molar-refractivity contribution is 5.89. The van der Waals surface area contributed by atoms with Gasteiger partial charge >= 0.3 is 5.97 Å². The molecule has 0 aliphatic heterocycles. The van der Waals surface area contributed by atoms with Crippen LogP contribution in [0.25, 0.3) is 0 Å². The predicted octanol–water partition coefficient (Wildman–Crippen LogP) is 1.40. The van der Waals surface area contributed by atoms with Crippen molar-refractivity contribution in [3.8, 4) is 11.8 Å². The average Bonchev–Trinajstić information content (AvgIpc) is 2.27. The number of carbonyl (C=O) groups is 1. The van der Waals surface area contributed by atoms with Crippen LogP contribution in [0.4, 0.5) is 0 Å². The molecule has 3 nitrogen and oxygen atoms in total. The third-order valence-corrected chi connectivity index (χ3v) is 2.10. The Morgan fingerprint density at radius 2 is 2.25 bits per heavy atom. The minimum absolute atomic E-state index is 0.0113. The van der Waals surface area contributed by atoms with Gasteiger partial charge in [-0.25, -0.2) is 4.79 Å². The molecule has 3 heteroatoms. The molecule has 0 heterocycles. The highest BCUT2D eigenvalue weighted by Gasteiger charge is 1.97. The van der Waals surface area contributed by atoms with Crippen LogP contribution < -0.4 is 0 Å². The van der Waals surface area contributed by atoms with Crippen LogP contribution in [-0.2, 0) is 16.1 Å². The summed E-state index contributed by atoms with van der Waals surface area (Å²) < 4.78 is 4.69. The van der Waals surface area contributed by atoms with E-state index in [1.54, 1.807) is 19.1 Å². The number of hydrogen-bond donors (Lipinski definition) is 1. The van der Waals surface area contributed by atoms with E-state index in [4.69, 9.17) is 5.11 Å². The fourth-order valence-electron chi connectivity index (χ4n) is 1.24. The number of aryl methyl sites for hydroxylation is 1. The molecule has 0 aliphatic rings. The zero-order valence-electron chi connectivity index (χ0n) is 9.41. The molecule has 84 valence electrons. The summed E-state index contributed by atoms with van der Waals surface area (Å²) in [4.78, 5) is 11.0. The maximum absolute atomic E-state index is 11.0. The largest absolute Gasteiger partial charge is 0.456 e. The standard InChI is InChI=1S/C13H14O3/c1-3-16-13(15)7-5-11-4-6-12(9-14)10(2)8-11/h4,6,8,14H,3,9H2,1-2H3. The molecule has 1 rings (SSSR count). The lowest BCUT2D eigenvalue weighted by molar-refractivity contribution is -0.136. The maximum atomic E-state index is 11.0. The lowest BCUT2D eigenvalue weighted by Gasteiger charge is -2.01. The molecule has 0 saturated carbocycles. The number of carbonyl (C=O) groups excluding carboxylic acids is 1. The highest BCUT2D eigenvalue weighted by atomic mass is 16.5. The fraction of sp³-hybridized carbons (Fsp3) is 0.308. The minimum Gasteiger partial charge on any atom is -0.456 e. The van der Waals surface area contributed by atoms with E-state index in [0.29, 0.717) is 6.61 Å². The lowest BCUT2D eigenvalue weighted by Crippen LogP contribution is -1.99. The number of benzene rings is 1. The molecular weight excluding hydrogens is 204 g/mol. The Kier molecular flexibility index (Phi) is 4.56. The van der Waals surface area contributed by atoms with Crippen molar-refractivity contribution in [2.75, 3.05) is 6.61 Å². The molecule has 1 aromatic carbocycles. The average molecular weight is 218 g/mol. The Labute approximate surface area is 95.1 Å². The summed E-state index contributed by atoms with van der Waals surface area (Å²) >= 11 is 0. The third-order valence-electron chi connectivity index (χ3n) is 2.10. The summed E-state index contributed by atoms with van der Waals surface area (Å²) in [6, 6.07) is 5.40. The Morgan fingerprint density at radius 1 is 1.50 bits per heavy atom. The van der Waals surface area contributed by atoms with Crippen LogP contribution in [0.3, 0.4) is 0 Å². The van der Waals surface area contributed by atoms with Crippen molar-refractivity contribution >= 4 is 5.97 Å². The smallest absolute Gasteiger partial charge is 0.384 e. The van der Waals surface area contributed by atoms with E-state index in [1.165, 1.54) is 0 Å². The molecule has 1 aromatic rings. The lowest BCUT2D eigenvalue weighted by atomic mass is 10.1. The molecule has 0 fully saturated rings. The quantitative estimate of drug-likeness (QED) is 0.603. The van der Waals surface area contributed by atoms with Crippen molar-refractivity contribution in [1.29, 1.82) is 0 Å². The first-order chi connectivity index (χ1) is 7.67. The Balaban J connectivity index is 2.82. The molecule has 0 spiro atoms. The molecular formula is C13H14O3. The molecule has 0 bridgehead atoms. The second kappa shape index (κ2) is 5.94. The van der Waals surface area contributed by atoms with Crippen molar-refractivity contribution in [3.05, 3.63) is 34.9 Å². The van der Waals surface area contributed by atoms with Gasteiger partial charge in [0.25, 0.3) is 0 Å². The van der Waals surface area contributed by atoms with Gasteiger partial charge < -0.3 is 9.84 Å². The predicted molar refractivity (Wildman–Crippen MR) is 60.6 cm³/mol. The first kappa shape index (κ1) is 12.3. The second-order valence-electron chi connectivity index (χ2n) is 3.27. The van der Waals surface area contributed by atoms with E-state index in [-0.39, 0.29) is 6.61 Å². The number of ether oxygens (including phenoxy) is 1. The van der Waals surface area contributed by atoms with Crippen molar-refractivity contribution in [2.45, 2.75) is 20.5 Å². The van der Waals surface area contributed by atoms with Crippen molar-refractivity contribution in [3.63, 3.8) is 0 Å². The van der Waals surface area contributed by atoms with Crippen molar-refractivity contribution in [1.82, 2.24) is 0 Å². The number of hydrogen-bond acceptors (Lipinski definition) is 3. The molecule has 0 amide bonds. The summed E-state index contributed by atoms with van der Waals surface area (Å²) in [5.41, 5.74) is 2.56. The summed E-state index contributed by atoms with van der Waals surface area (Å²) in [5.74, 6) is 4.58. The Morgan fingerprint density at radius 3 is 2.81 bits per heavy atom. The summed E-state index contributed by atoms with van der Waals surface area (Å²) in [6.07, 6.45) is 0. The Bertz CT molecular complexity index is 438. The molecule has 0 aliphatic carbocycles. The molecule has 0 saturated heterocycles. The van der Waals surface area contributed by atoms with Crippen molar-refractivity contribution < 1.29 is 14.6 Å². The van der Waals surface area contributed by atoms with E-state index in [0.717, 1.165) is 16.7 Å². The van der Waals surface area contributed by atoms with Crippen LogP contribution in [0.1, 0.15) is 23.6 Å². The molecule has 1 N–H and O–H groups in total. The van der Waals surface area contributed by atoms with Crippen molar-refractivity contribution in [2.24, 2.45) is 0 Å². The van der Waals surface area contributed by atoms with E-state index in [1.807, 2.05) is 13.0 Å². The molecule has 16 heavy (non-hydrogen) atoms. The van der Waals surface area contributed by atoms with Gasteiger partial charge in [0.05, 0.1) is 13.2 Å². The molecule has 0 unspecified atom stereocenters. The van der Waals surface area contributed by atoms with Gasteiger partial charge in [0.2, 0.25) is 0 Å². The van der Waals surface area contributed by atoms with Crippen LogP contribution in [0.2, 0.25) is 0 Å². The molecule has 0 aromatic heterocycles. The normalized spacial score (nSPS) is 9.19. The zero-order valence-corrected chi connectivity index (χ0v) is 9.41. The van der Waals surface area contributed by atoms with Crippen LogP contribution in [0, 0.1) is 18.8 Å². The van der Waals surface area contributed by atoms with Gasteiger partial charge in [0.1, 0.15) is 0 Å². The topological polar surface area (TPSA) is 46.5 Å². The van der Waals surface area contributed by atoms with E-state index >= 15 is 0 Å².